The number of thioether (sulfide) groups is 2. The smallest absolute Gasteiger partial charge is 0.374 e. The van der Waals surface area contributed by atoms with Gasteiger partial charge in [-0.05, 0) is 83.5 Å². The van der Waals surface area contributed by atoms with E-state index in [0.29, 0.717) is 37.6 Å². The number of amides is 2. The number of hydrogen-bond donors (Lipinski definition) is 0. The van der Waals surface area contributed by atoms with E-state index >= 15 is 0 Å². The van der Waals surface area contributed by atoms with Gasteiger partial charge in [0.05, 0.1) is 0 Å². The highest BCUT2D eigenvalue weighted by Gasteiger charge is 2.41. The van der Waals surface area contributed by atoms with Crippen molar-refractivity contribution in [2.24, 2.45) is 17.8 Å². The summed E-state index contributed by atoms with van der Waals surface area (Å²) in [5.41, 5.74) is 0. The first-order valence-electron chi connectivity index (χ1n) is 18.9. The van der Waals surface area contributed by atoms with Crippen LogP contribution in [0.5, 0.6) is 0 Å². The first-order chi connectivity index (χ1) is 22.2. The van der Waals surface area contributed by atoms with Crippen LogP contribution in [0.25, 0.3) is 0 Å². The van der Waals surface area contributed by atoms with E-state index in [0.717, 1.165) is 62.7 Å². The van der Waals surface area contributed by atoms with Gasteiger partial charge in [0.1, 0.15) is 0 Å². The molecule has 0 N–H and O–H groups in total. The minimum atomic E-state index is -2.65. The molecular weight excluding hydrogens is 633 g/mol. The monoisotopic (exact) mass is 704 g/mol. The number of hydrogen-bond acceptors (Lipinski definition) is 7. The average molecular weight is 705 g/mol. The Morgan fingerprint density at radius 2 is 1.09 bits per heavy atom. The lowest BCUT2D eigenvalue weighted by molar-refractivity contribution is 0.0673. The quantitative estimate of drug-likeness (QED) is 0.0623. The Kier molecular flexibility index (Phi) is 26.2. The molecule has 7 nitrogen and oxygen atoms in total. The highest BCUT2D eigenvalue weighted by atomic mass is 32.2. The third-order valence-electron chi connectivity index (χ3n) is 9.45. The van der Waals surface area contributed by atoms with E-state index in [4.69, 9.17) is 13.3 Å². The van der Waals surface area contributed by atoms with Crippen molar-refractivity contribution in [3.63, 3.8) is 0 Å². The SMILES string of the molecule is CCCCCCCN(C)C(=O)SCCC1CCC(CC[Si](OCC)(OCC)OCC)CC1CCSC(=O)N(C)CCCCCCC. The zero-order valence-electron chi connectivity index (χ0n) is 31.0. The number of carbonyl (C=O) groups is 2. The van der Waals surface area contributed by atoms with Gasteiger partial charge in [-0.15, -0.1) is 0 Å². The Labute approximate surface area is 294 Å². The van der Waals surface area contributed by atoms with Crippen LogP contribution < -0.4 is 0 Å². The van der Waals surface area contributed by atoms with Crippen LogP contribution >= 0.6 is 23.5 Å². The molecule has 3 atom stereocenters. The van der Waals surface area contributed by atoms with E-state index < -0.39 is 8.80 Å². The summed E-state index contributed by atoms with van der Waals surface area (Å²) in [4.78, 5) is 29.6. The Bertz CT molecular complexity index is 764. The molecule has 0 aliphatic heterocycles. The molecule has 0 aromatic carbocycles. The molecule has 3 unspecified atom stereocenters. The minimum absolute atomic E-state index is 0.208. The van der Waals surface area contributed by atoms with E-state index in [2.05, 4.69) is 13.8 Å². The lowest BCUT2D eigenvalue weighted by Gasteiger charge is -2.38. The maximum Gasteiger partial charge on any atom is 0.500 e. The summed E-state index contributed by atoms with van der Waals surface area (Å²) >= 11 is 3.00. The summed E-state index contributed by atoms with van der Waals surface area (Å²) in [5, 5.41) is 0.419. The summed E-state index contributed by atoms with van der Waals surface area (Å²) in [6.07, 6.45) is 19.0. The van der Waals surface area contributed by atoms with Gasteiger partial charge in [-0.25, -0.2) is 0 Å². The third kappa shape index (κ3) is 19.1. The van der Waals surface area contributed by atoms with Gasteiger partial charge < -0.3 is 23.1 Å². The van der Waals surface area contributed by atoms with Gasteiger partial charge in [-0.3, -0.25) is 9.59 Å². The zero-order valence-corrected chi connectivity index (χ0v) is 33.6. The van der Waals surface area contributed by atoms with E-state index in [1.165, 1.54) is 94.2 Å². The molecule has 1 saturated carbocycles. The topological polar surface area (TPSA) is 68.3 Å². The number of carbonyl (C=O) groups excluding carboxylic acids is 2. The van der Waals surface area contributed by atoms with E-state index in [1.807, 2.05) is 44.7 Å². The highest BCUT2D eigenvalue weighted by Crippen LogP contribution is 2.42. The van der Waals surface area contributed by atoms with Crippen molar-refractivity contribution in [3.05, 3.63) is 0 Å². The third-order valence-corrected chi connectivity index (χ3v) is 14.5. The molecule has 0 spiro atoms. The van der Waals surface area contributed by atoms with Crippen LogP contribution in [0.1, 0.15) is 137 Å². The van der Waals surface area contributed by atoms with Crippen molar-refractivity contribution in [1.82, 2.24) is 9.80 Å². The molecule has 2 amide bonds. The molecule has 1 aliphatic rings. The first-order valence-corrected chi connectivity index (χ1v) is 22.8. The summed E-state index contributed by atoms with van der Waals surface area (Å²) in [6, 6.07) is 0.871. The van der Waals surface area contributed by atoms with Gasteiger partial charge in [-0.1, -0.05) is 95.2 Å². The van der Waals surface area contributed by atoms with Gasteiger partial charge in [-0.2, -0.15) is 0 Å². The molecule has 0 radical (unpaired) electrons. The maximum atomic E-state index is 12.9. The molecule has 272 valence electrons. The van der Waals surface area contributed by atoms with Crippen molar-refractivity contribution in [2.45, 2.75) is 143 Å². The van der Waals surface area contributed by atoms with E-state index in [-0.39, 0.29) is 10.5 Å². The van der Waals surface area contributed by atoms with Crippen LogP contribution in [0.15, 0.2) is 0 Å². The van der Waals surface area contributed by atoms with Crippen molar-refractivity contribution < 1.29 is 22.9 Å². The van der Waals surface area contributed by atoms with Crippen molar-refractivity contribution in [2.75, 3.05) is 58.5 Å². The Hall–Kier alpha value is -0.263. The van der Waals surface area contributed by atoms with E-state index in [1.54, 1.807) is 0 Å². The van der Waals surface area contributed by atoms with Crippen LogP contribution in [0, 0.1) is 17.8 Å². The van der Waals surface area contributed by atoms with Gasteiger partial charge in [0.25, 0.3) is 10.5 Å². The second kappa shape index (κ2) is 27.5. The molecule has 1 fully saturated rings. The zero-order chi connectivity index (χ0) is 34.0. The normalized spacial score (nSPS) is 18.5. The second-order valence-corrected chi connectivity index (χ2v) is 18.0. The molecule has 1 rings (SSSR count). The predicted molar refractivity (Wildman–Crippen MR) is 202 cm³/mol. The molecule has 46 heavy (non-hydrogen) atoms. The summed E-state index contributed by atoms with van der Waals surface area (Å²) in [5.74, 6) is 3.56. The van der Waals surface area contributed by atoms with Gasteiger partial charge >= 0.3 is 8.80 Å². The van der Waals surface area contributed by atoms with Crippen molar-refractivity contribution >= 4 is 42.8 Å². The fourth-order valence-electron chi connectivity index (χ4n) is 6.71. The summed E-state index contributed by atoms with van der Waals surface area (Å²) < 4.78 is 18.5. The molecule has 0 heterocycles. The van der Waals surface area contributed by atoms with Gasteiger partial charge in [0.2, 0.25) is 0 Å². The van der Waals surface area contributed by atoms with Crippen molar-refractivity contribution in [1.29, 1.82) is 0 Å². The van der Waals surface area contributed by atoms with Gasteiger partial charge in [0.15, 0.2) is 0 Å². The number of nitrogens with zero attached hydrogens (tertiary/aromatic N) is 2. The molecule has 0 saturated heterocycles. The largest absolute Gasteiger partial charge is 0.500 e. The Morgan fingerprint density at radius 1 is 0.630 bits per heavy atom. The molecule has 0 aromatic rings. The maximum absolute atomic E-state index is 12.9. The first kappa shape index (κ1) is 43.8. The standard InChI is InChI=1S/C36H72N2O5S2Si/c1-8-13-15-17-19-26-37(6)35(39)44-28-23-33-22-21-32(25-30-46(41-10-3,42-11-4)43-12-5)31-34(33)24-29-45-36(40)38(7)27-20-18-16-14-9-2/h32-34H,8-31H2,1-7H3. The van der Waals surface area contributed by atoms with Crippen LogP contribution in [0.2, 0.25) is 6.04 Å². The number of rotatable bonds is 27. The fraction of sp³-hybridized carbons (Fsp3) is 0.944. The predicted octanol–water partition coefficient (Wildman–Crippen LogP) is 10.7. The van der Waals surface area contributed by atoms with Gasteiger partial charge in [0, 0.05) is 64.6 Å². The van der Waals surface area contributed by atoms with Crippen LogP contribution in [-0.4, -0.2) is 87.6 Å². The molecule has 1 aliphatic carbocycles. The van der Waals surface area contributed by atoms with Crippen LogP contribution in [0.4, 0.5) is 9.59 Å². The summed E-state index contributed by atoms with van der Waals surface area (Å²) in [6.45, 7) is 14.1. The summed E-state index contributed by atoms with van der Waals surface area (Å²) in [7, 11) is 1.26. The molecule has 10 heteroatoms. The Morgan fingerprint density at radius 3 is 1.54 bits per heavy atom. The Balaban J connectivity index is 2.71. The molecule has 0 aromatic heterocycles. The second-order valence-electron chi connectivity index (χ2n) is 13.2. The van der Waals surface area contributed by atoms with Crippen molar-refractivity contribution in [3.8, 4) is 0 Å². The lowest BCUT2D eigenvalue weighted by Crippen LogP contribution is -2.46. The molecular formula is C36H72N2O5S2Si. The average Bonchev–Trinajstić information content (AvgIpc) is 3.04. The van der Waals surface area contributed by atoms with Crippen LogP contribution in [-0.2, 0) is 13.3 Å². The lowest BCUT2D eigenvalue weighted by atomic mass is 9.71. The van der Waals surface area contributed by atoms with Crippen LogP contribution in [0.3, 0.4) is 0 Å². The fourth-order valence-corrected chi connectivity index (χ4v) is 11.3. The highest BCUT2D eigenvalue weighted by molar-refractivity contribution is 8.13. The minimum Gasteiger partial charge on any atom is -0.374 e. The number of unbranched alkanes of at least 4 members (excludes halogenated alkanes) is 8. The molecule has 0 bridgehead atoms. The van der Waals surface area contributed by atoms with E-state index in [9.17, 15) is 9.59 Å².